The minimum absolute atomic E-state index is 0.0536. The minimum Gasteiger partial charge on any atom is -0.330 e. The van der Waals surface area contributed by atoms with Gasteiger partial charge in [0.1, 0.15) is 0 Å². The van der Waals surface area contributed by atoms with Crippen molar-refractivity contribution in [2.75, 3.05) is 11.9 Å². The van der Waals surface area contributed by atoms with E-state index in [9.17, 15) is 4.79 Å². The highest BCUT2D eigenvalue weighted by Gasteiger charge is 2.18. The summed E-state index contributed by atoms with van der Waals surface area (Å²) in [6.45, 7) is 4.79. The Morgan fingerprint density at radius 2 is 1.65 bits per heavy atom. The number of nitrogens with two attached hydrogens (primary N) is 1. The van der Waals surface area contributed by atoms with Crippen LogP contribution in [0.1, 0.15) is 29.8 Å². The lowest BCUT2D eigenvalue weighted by atomic mass is 9.85. The summed E-state index contributed by atoms with van der Waals surface area (Å²) in [7, 11) is 0. The standard InChI is InChI=1S/C17H20N2O/c1-17(2,12-18)14-8-10-15(11-9-14)19-16(20)13-6-4-3-5-7-13/h3-11H,12,18H2,1-2H3,(H,19,20). The van der Waals surface area contributed by atoms with Crippen LogP contribution in [0.2, 0.25) is 0 Å². The van der Waals surface area contributed by atoms with Crippen molar-refractivity contribution < 1.29 is 4.79 Å². The van der Waals surface area contributed by atoms with Gasteiger partial charge >= 0.3 is 0 Å². The summed E-state index contributed by atoms with van der Waals surface area (Å²) < 4.78 is 0. The zero-order valence-electron chi connectivity index (χ0n) is 11.9. The maximum Gasteiger partial charge on any atom is 0.255 e. The van der Waals surface area contributed by atoms with E-state index >= 15 is 0 Å². The maximum atomic E-state index is 12.0. The highest BCUT2D eigenvalue weighted by molar-refractivity contribution is 6.04. The normalized spacial score (nSPS) is 11.2. The lowest BCUT2D eigenvalue weighted by Crippen LogP contribution is -2.27. The summed E-state index contributed by atoms with van der Waals surface area (Å²) in [5.41, 5.74) is 8.31. The second kappa shape index (κ2) is 5.88. The average Bonchev–Trinajstić information content (AvgIpc) is 2.48. The van der Waals surface area contributed by atoms with Gasteiger partial charge in [-0.3, -0.25) is 4.79 Å². The Kier molecular flexibility index (Phi) is 4.20. The van der Waals surface area contributed by atoms with Gasteiger partial charge in [-0.2, -0.15) is 0 Å². The molecule has 0 bridgehead atoms. The zero-order chi connectivity index (χ0) is 14.6. The van der Waals surface area contributed by atoms with Crippen LogP contribution in [0.25, 0.3) is 0 Å². The Morgan fingerprint density at radius 3 is 2.20 bits per heavy atom. The summed E-state index contributed by atoms with van der Waals surface area (Å²) in [5, 5.41) is 2.88. The van der Waals surface area contributed by atoms with Crippen LogP contribution < -0.4 is 11.1 Å². The molecule has 0 unspecified atom stereocenters. The number of amides is 1. The van der Waals surface area contributed by atoms with Gasteiger partial charge in [-0.05, 0) is 29.8 Å². The lowest BCUT2D eigenvalue weighted by Gasteiger charge is -2.23. The first-order valence-corrected chi connectivity index (χ1v) is 6.70. The molecule has 1 amide bonds. The van der Waals surface area contributed by atoms with Crippen LogP contribution in [0.15, 0.2) is 54.6 Å². The summed E-state index contributed by atoms with van der Waals surface area (Å²) in [4.78, 5) is 12.0. The second-order valence-electron chi connectivity index (χ2n) is 5.49. The van der Waals surface area contributed by atoms with E-state index in [1.165, 1.54) is 0 Å². The number of hydrogen-bond donors (Lipinski definition) is 2. The molecule has 104 valence electrons. The quantitative estimate of drug-likeness (QED) is 0.894. The van der Waals surface area contributed by atoms with Gasteiger partial charge in [0.05, 0.1) is 0 Å². The second-order valence-corrected chi connectivity index (χ2v) is 5.49. The molecule has 0 atom stereocenters. The SMILES string of the molecule is CC(C)(CN)c1ccc(NC(=O)c2ccccc2)cc1. The molecule has 2 aromatic rings. The topological polar surface area (TPSA) is 55.1 Å². The molecule has 3 heteroatoms. The van der Waals surface area contributed by atoms with Crippen molar-refractivity contribution in [1.82, 2.24) is 0 Å². The van der Waals surface area contributed by atoms with E-state index < -0.39 is 0 Å². The monoisotopic (exact) mass is 268 g/mol. The fraction of sp³-hybridized carbons (Fsp3) is 0.235. The summed E-state index contributed by atoms with van der Waals surface area (Å²) in [6, 6.07) is 17.0. The van der Waals surface area contributed by atoms with Gasteiger partial charge in [0, 0.05) is 23.2 Å². The van der Waals surface area contributed by atoms with Crippen LogP contribution in [0.4, 0.5) is 5.69 Å². The van der Waals surface area contributed by atoms with Crippen molar-refractivity contribution in [3.05, 3.63) is 65.7 Å². The first-order chi connectivity index (χ1) is 9.53. The molecule has 0 saturated carbocycles. The molecule has 0 saturated heterocycles. The summed E-state index contributed by atoms with van der Waals surface area (Å²) >= 11 is 0. The highest BCUT2D eigenvalue weighted by atomic mass is 16.1. The molecule has 20 heavy (non-hydrogen) atoms. The number of anilines is 1. The largest absolute Gasteiger partial charge is 0.330 e. The van der Waals surface area contributed by atoms with Crippen LogP contribution >= 0.6 is 0 Å². The molecular weight excluding hydrogens is 248 g/mol. The molecule has 3 N–H and O–H groups in total. The van der Waals surface area contributed by atoms with Gasteiger partial charge in [-0.1, -0.05) is 44.2 Å². The third-order valence-corrected chi connectivity index (χ3v) is 3.47. The van der Waals surface area contributed by atoms with Crippen molar-refractivity contribution in [3.8, 4) is 0 Å². The smallest absolute Gasteiger partial charge is 0.255 e. The molecule has 0 fully saturated rings. The van der Waals surface area contributed by atoms with Crippen molar-refractivity contribution in [1.29, 1.82) is 0 Å². The molecule has 2 aromatic carbocycles. The van der Waals surface area contributed by atoms with Crippen molar-refractivity contribution in [2.24, 2.45) is 5.73 Å². The van der Waals surface area contributed by atoms with Crippen molar-refractivity contribution in [3.63, 3.8) is 0 Å². The van der Waals surface area contributed by atoms with Crippen LogP contribution in [-0.4, -0.2) is 12.5 Å². The summed E-state index contributed by atoms with van der Waals surface area (Å²) in [5.74, 6) is -0.101. The Balaban J connectivity index is 2.10. The van der Waals surface area contributed by atoms with Crippen molar-refractivity contribution >= 4 is 11.6 Å². The van der Waals surface area contributed by atoms with E-state index in [0.717, 1.165) is 11.3 Å². The van der Waals surface area contributed by atoms with Gasteiger partial charge in [0.25, 0.3) is 5.91 Å². The van der Waals surface area contributed by atoms with Crippen molar-refractivity contribution in [2.45, 2.75) is 19.3 Å². The fourth-order valence-corrected chi connectivity index (χ4v) is 1.92. The third-order valence-electron chi connectivity index (χ3n) is 3.47. The van der Waals surface area contributed by atoms with Gasteiger partial charge in [0.2, 0.25) is 0 Å². The molecule has 0 aliphatic rings. The predicted octanol–water partition coefficient (Wildman–Crippen LogP) is 3.18. The maximum absolute atomic E-state index is 12.0. The number of nitrogens with one attached hydrogen (secondary N) is 1. The Morgan fingerprint density at radius 1 is 1.05 bits per heavy atom. The highest BCUT2D eigenvalue weighted by Crippen LogP contribution is 2.23. The number of carbonyl (C=O) groups excluding carboxylic acids is 1. The fourth-order valence-electron chi connectivity index (χ4n) is 1.92. The van der Waals surface area contributed by atoms with E-state index in [4.69, 9.17) is 5.73 Å². The van der Waals surface area contributed by atoms with E-state index in [1.54, 1.807) is 12.1 Å². The Hall–Kier alpha value is -2.13. The average molecular weight is 268 g/mol. The van der Waals surface area contributed by atoms with Crippen LogP contribution in [0.5, 0.6) is 0 Å². The number of rotatable bonds is 4. The molecule has 0 spiro atoms. The molecule has 3 nitrogen and oxygen atoms in total. The third kappa shape index (κ3) is 3.25. The van der Waals surface area contributed by atoms with Crippen LogP contribution in [-0.2, 0) is 5.41 Å². The van der Waals surface area contributed by atoms with Crippen LogP contribution in [0.3, 0.4) is 0 Å². The van der Waals surface area contributed by atoms with E-state index in [2.05, 4.69) is 19.2 Å². The van der Waals surface area contributed by atoms with E-state index in [1.807, 2.05) is 42.5 Å². The first-order valence-electron chi connectivity index (χ1n) is 6.70. The molecule has 0 aromatic heterocycles. The van der Waals surface area contributed by atoms with Gasteiger partial charge in [0.15, 0.2) is 0 Å². The molecule has 0 aliphatic carbocycles. The molecule has 0 aliphatic heterocycles. The van der Waals surface area contributed by atoms with Gasteiger partial charge in [-0.25, -0.2) is 0 Å². The zero-order valence-corrected chi connectivity index (χ0v) is 11.9. The molecular formula is C17H20N2O. The van der Waals surface area contributed by atoms with E-state index in [0.29, 0.717) is 12.1 Å². The molecule has 0 radical (unpaired) electrons. The predicted molar refractivity (Wildman–Crippen MR) is 82.9 cm³/mol. The number of benzene rings is 2. The molecule has 0 heterocycles. The summed E-state index contributed by atoms with van der Waals surface area (Å²) in [6.07, 6.45) is 0. The number of hydrogen-bond acceptors (Lipinski definition) is 2. The van der Waals surface area contributed by atoms with Crippen LogP contribution in [0, 0.1) is 0 Å². The van der Waals surface area contributed by atoms with E-state index in [-0.39, 0.29) is 11.3 Å². The molecule has 2 rings (SSSR count). The van der Waals surface area contributed by atoms with Gasteiger partial charge in [-0.15, -0.1) is 0 Å². The Bertz CT molecular complexity index is 574. The minimum atomic E-state index is -0.101. The van der Waals surface area contributed by atoms with Gasteiger partial charge < -0.3 is 11.1 Å². The first kappa shape index (κ1) is 14.3. The number of carbonyl (C=O) groups is 1. The Labute approximate surface area is 119 Å². The lowest BCUT2D eigenvalue weighted by molar-refractivity contribution is 0.102.